The fourth-order valence-corrected chi connectivity index (χ4v) is 2.79. The van der Waals surface area contributed by atoms with Gasteiger partial charge in [-0.15, -0.1) is 0 Å². The van der Waals surface area contributed by atoms with E-state index in [9.17, 15) is 8.42 Å². The monoisotopic (exact) mass is 208 g/mol. The molecule has 0 aromatic rings. The van der Waals surface area contributed by atoms with Crippen molar-refractivity contribution in [2.45, 2.75) is 33.2 Å². The number of hydrogen-bond donors (Lipinski definition) is 1. The molecule has 2 N–H and O–H groups in total. The molecule has 4 nitrogen and oxygen atoms in total. The van der Waals surface area contributed by atoms with Crippen LogP contribution in [0.2, 0.25) is 0 Å². The first-order valence-electron chi connectivity index (χ1n) is 4.52. The van der Waals surface area contributed by atoms with Gasteiger partial charge in [0.1, 0.15) is 0 Å². The maximum Gasteiger partial charge on any atom is 0.214 e. The zero-order valence-corrected chi connectivity index (χ0v) is 9.69. The van der Waals surface area contributed by atoms with Crippen molar-refractivity contribution in [1.82, 2.24) is 4.31 Å². The van der Waals surface area contributed by atoms with Crippen LogP contribution in [0.4, 0.5) is 0 Å². The largest absolute Gasteiger partial charge is 0.329 e. The molecule has 0 radical (unpaired) electrons. The van der Waals surface area contributed by atoms with Crippen molar-refractivity contribution in [3.63, 3.8) is 0 Å². The van der Waals surface area contributed by atoms with Crippen molar-refractivity contribution < 1.29 is 8.42 Å². The highest BCUT2D eigenvalue weighted by Crippen LogP contribution is 2.17. The van der Waals surface area contributed by atoms with Crippen LogP contribution < -0.4 is 5.73 Å². The van der Waals surface area contributed by atoms with E-state index in [-0.39, 0.29) is 5.75 Å². The Labute approximate surface area is 81.2 Å². The summed E-state index contributed by atoms with van der Waals surface area (Å²) in [6, 6.07) is 0. The predicted octanol–water partition coefficient (Wildman–Crippen LogP) is 0.395. The molecule has 0 fully saturated rings. The van der Waals surface area contributed by atoms with Gasteiger partial charge >= 0.3 is 0 Å². The number of nitrogens with zero attached hydrogens (tertiary/aromatic N) is 1. The Bertz CT molecular complexity index is 247. The van der Waals surface area contributed by atoms with Gasteiger partial charge in [0.25, 0.3) is 0 Å². The van der Waals surface area contributed by atoms with Gasteiger partial charge in [0.15, 0.2) is 0 Å². The van der Waals surface area contributed by atoms with Gasteiger partial charge in [-0.3, -0.25) is 0 Å². The third-order valence-electron chi connectivity index (χ3n) is 2.16. The minimum Gasteiger partial charge on any atom is -0.329 e. The van der Waals surface area contributed by atoms with Crippen LogP contribution in [0.15, 0.2) is 0 Å². The lowest BCUT2D eigenvalue weighted by Crippen LogP contribution is -2.52. The topological polar surface area (TPSA) is 63.4 Å². The zero-order chi connectivity index (χ0) is 10.7. The molecule has 0 saturated carbocycles. The molecular formula is C8H20N2O2S. The van der Waals surface area contributed by atoms with Crippen molar-refractivity contribution in [1.29, 1.82) is 0 Å². The Balaban J connectivity index is 4.92. The summed E-state index contributed by atoms with van der Waals surface area (Å²) < 4.78 is 24.7. The normalized spacial score (nSPS) is 13.7. The first kappa shape index (κ1) is 12.9. The highest BCUT2D eigenvalue weighted by Gasteiger charge is 2.32. The molecule has 0 unspecified atom stereocenters. The Hall–Kier alpha value is -0.130. The molecular weight excluding hydrogens is 188 g/mol. The highest BCUT2D eigenvalue weighted by molar-refractivity contribution is 7.89. The maximum absolute atomic E-state index is 11.6. The summed E-state index contributed by atoms with van der Waals surface area (Å²) in [4.78, 5) is 0. The average Bonchev–Trinajstić information content (AvgIpc) is 2.05. The van der Waals surface area contributed by atoms with E-state index in [1.165, 1.54) is 4.31 Å². The SMILES string of the molecule is CCN(C(C)(C)CN)S(=O)(=O)CC. The van der Waals surface area contributed by atoms with E-state index in [1.807, 2.05) is 20.8 Å². The van der Waals surface area contributed by atoms with Crippen molar-refractivity contribution in [2.75, 3.05) is 18.8 Å². The van der Waals surface area contributed by atoms with E-state index in [4.69, 9.17) is 5.73 Å². The van der Waals surface area contributed by atoms with Gasteiger partial charge in [-0.05, 0) is 20.8 Å². The number of sulfonamides is 1. The Morgan fingerprint density at radius 1 is 1.31 bits per heavy atom. The molecule has 0 aliphatic heterocycles. The molecule has 0 rings (SSSR count). The number of rotatable bonds is 5. The quantitative estimate of drug-likeness (QED) is 0.711. The molecule has 0 heterocycles. The molecule has 0 aliphatic carbocycles. The van der Waals surface area contributed by atoms with Gasteiger partial charge in [-0.2, -0.15) is 4.31 Å². The van der Waals surface area contributed by atoms with Crippen LogP contribution in [0.5, 0.6) is 0 Å². The van der Waals surface area contributed by atoms with Gasteiger partial charge in [-0.25, -0.2) is 8.42 Å². The van der Waals surface area contributed by atoms with Gasteiger partial charge < -0.3 is 5.73 Å². The van der Waals surface area contributed by atoms with E-state index >= 15 is 0 Å². The molecule has 0 saturated heterocycles. The summed E-state index contributed by atoms with van der Waals surface area (Å²) in [7, 11) is -3.13. The van der Waals surface area contributed by atoms with Crippen LogP contribution in [0.1, 0.15) is 27.7 Å². The first-order chi connectivity index (χ1) is 5.81. The van der Waals surface area contributed by atoms with E-state index in [0.717, 1.165) is 0 Å². The van der Waals surface area contributed by atoms with Gasteiger partial charge in [-0.1, -0.05) is 6.92 Å². The lowest BCUT2D eigenvalue weighted by atomic mass is 10.1. The molecule has 80 valence electrons. The summed E-state index contributed by atoms with van der Waals surface area (Å²) in [5, 5.41) is 0. The molecule has 0 atom stereocenters. The van der Waals surface area contributed by atoms with Gasteiger partial charge in [0, 0.05) is 18.6 Å². The second-order valence-electron chi connectivity index (χ2n) is 3.58. The first-order valence-corrected chi connectivity index (χ1v) is 6.13. The predicted molar refractivity (Wildman–Crippen MR) is 55.0 cm³/mol. The Kier molecular flexibility index (Phi) is 4.35. The number of nitrogens with two attached hydrogens (primary N) is 1. The van der Waals surface area contributed by atoms with E-state index in [1.54, 1.807) is 6.92 Å². The fourth-order valence-electron chi connectivity index (χ4n) is 1.26. The molecule has 0 bridgehead atoms. The summed E-state index contributed by atoms with van der Waals surface area (Å²) in [6.07, 6.45) is 0. The summed E-state index contributed by atoms with van der Waals surface area (Å²) in [5.41, 5.74) is 5.05. The van der Waals surface area contributed by atoms with Crippen LogP contribution in [0.3, 0.4) is 0 Å². The standard InChI is InChI=1S/C8H20N2O2S/c1-5-10(8(3,4)7-9)13(11,12)6-2/h5-7,9H2,1-4H3. The molecule has 0 amide bonds. The Morgan fingerprint density at radius 3 is 2.00 bits per heavy atom. The highest BCUT2D eigenvalue weighted by atomic mass is 32.2. The molecule has 13 heavy (non-hydrogen) atoms. The molecule has 0 aromatic carbocycles. The molecule has 0 aromatic heterocycles. The summed E-state index contributed by atoms with van der Waals surface area (Å²) in [5.74, 6) is 0.129. The van der Waals surface area contributed by atoms with Gasteiger partial charge in [0.2, 0.25) is 10.0 Å². The average molecular weight is 208 g/mol. The summed E-state index contributed by atoms with van der Waals surface area (Å²) in [6.45, 7) is 7.95. The van der Waals surface area contributed by atoms with Crippen molar-refractivity contribution >= 4 is 10.0 Å². The van der Waals surface area contributed by atoms with Crippen molar-refractivity contribution in [2.24, 2.45) is 5.73 Å². The van der Waals surface area contributed by atoms with Crippen molar-refractivity contribution in [3.05, 3.63) is 0 Å². The van der Waals surface area contributed by atoms with Crippen LogP contribution in [0, 0.1) is 0 Å². The molecule has 0 spiro atoms. The van der Waals surface area contributed by atoms with Crippen LogP contribution in [0.25, 0.3) is 0 Å². The lowest BCUT2D eigenvalue weighted by Gasteiger charge is -2.35. The molecule has 5 heteroatoms. The summed E-state index contributed by atoms with van der Waals surface area (Å²) >= 11 is 0. The van der Waals surface area contributed by atoms with Crippen LogP contribution in [-0.4, -0.2) is 37.1 Å². The van der Waals surface area contributed by atoms with Crippen LogP contribution >= 0.6 is 0 Å². The fraction of sp³-hybridized carbons (Fsp3) is 1.00. The second kappa shape index (κ2) is 4.39. The van der Waals surface area contributed by atoms with E-state index in [2.05, 4.69) is 0 Å². The number of likely N-dealkylation sites (N-methyl/N-ethyl adjacent to an activating group) is 1. The van der Waals surface area contributed by atoms with E-state index < -0.39 is 15.6 Å². The van der Waals surface area contributed by atoms with Crippen molar-refractivity contribution in [3.8, 4) is 0 Å². The minimum absolute atomic E-state index is 0.129. The Morgan fingerprint density at radius 2 is 1.77 bits per heavy atom. The molecule has 0 aliphatic rings. The maximum atomic E-state index is 11.6. The third-order valence-corrected chi connectivity index (χ3v) is 4.32. The zero-order valence-electron chi connectivity index (χ0n) is 8.87. The third kappa shape index (κ3) is 2.93. The second-order valence-corrected chi connectivity index (χ2v) is 5.76. The van der Waals surface area contributed by atoms with Crippen LogP contribution in [-0.2, 0) is 10.0 Å². The lowest BCUT2D eigenvalue weighted by molar-refractivity contribution is 0.244. The minimum atomic E-state index is -3.13. The van der Waals surface area contributed by atoms with Gasteiger partial charge in [0.05, 0.1) is 5.75 Å². The smallest absolute Gasteiger partial charge is 0.214 e. The number of hydrogen-bond acceptors (Lipinski definition) is 3. The van der Waals surface area contributed by atoms with E-state index in [0.29, 0.717) is 13.1 Å².